The van der Waals surface area contributed by atoms with Crippen molar-refractivity contribution in [2.45, 2.75) is 25.3 Å². The first kappa shape index (κ1) is 13.0. The van der Waals surface area contributed by atoms with E-state index in [0.717, 1.165) is 18.7 Å². The Balaban J connectivity index is 0.00000128. The number of likely N-dealkylation sites (tertiary alicyclic amines) is 1. The fourth-order valence-electron chi connectivity index (χ4n) is 2.18. The summed E-state index contributed by atoms with van der Waals surface area (Å²) in [4.78, 5) is 2.29. The van der Waals surface area contributed by atoms with Crippen LogP contribution in [0.2, 0.25) is 0 Å². The second-order valence-electron chi connectivity index (χ2n) is 4.04. The molecule has 1 unspecified atom stereocenters. The van der Waals surface area contributed by atoms with Crippen molar-refractivity contribution in [2.75, 3.05) is 13.1 Å². The Labute approximate surface area is 103 Å². The lowest BCUT2D eigenvalue weighted by Gasteiger charge is -2.30. The van der Waals surface area contributed by atoms with Crippen molar-refractivity contribution in [1.29, 1.82) is 5.26 Å². The van der Waals surface area contributed by atoms with Crippen molar-refractivity contribution in [3.63, 3.8) is 0 Å². The van der Waals surface area contributed by atoms with Gasteiger partial charge in [0.1, 0.15) is 6.04 Å². The maximum absolute atomic E-state index is 9.24. The van der Waals surface area contributed by atoms with E-state index in [-0.39, 0.29) is 18.4 Å². The Kier molecular flexibility index (Phi) is 5.31. The minimum absolute atomic E-state index is 0. The highest BCUT2D eigenvalue weighted by molar-refractivity contribution is 5.85. The monoisotopic (exact) mass is 236 g/mol. The Morgan fingerprint density at radius 3 is 2.25 bits per heavy atom. The van der Waals surface area contributed by atoms with Gasteiger partial charge in [-0.3, -0.25) is 4.90 Å². The predicted molar refractivity (Wildman–Crippen MR) is 67.5 cm³/mol. The van der Waals surface area contributed by atoms with E-state index in [0.29, 0.717) is 0 Å². The van der Waals surface area contributed by atoms with E-state index < -0.39 is 0 Å². The van der Waals surface area contributed by atoms with Crippen LogP contribution in [0.15, 0.2) is 30.3 Å². The highest BCUT2D eigenvalue weighted by Crippen LogP contribution is 2.23. The van der Waals surface area contributed by atoms with E-state index in [1.165, 1.54) is 19.3 Å². The van der Waals surface area contributed by atoms with E-state index in [4.69, 9.17) is 0 Å². The van der Waals surface area contributed by atoms with Crippen LogP contribution < -0.4 is 0 Å². The number of hydrogen-bond acceptors (Lipinski definition) is 2. The van der Waals surface area contributed by atoms with Gasteiger partial charge in [-0.1, -0.05) is 36.8 Å². The smallest absolute Gasteiger partial charge is 0.123 e. The molecule has 0 aromatic heterocycles. The van der Waals surface area contributed by atoms with Gasteiger partial charge in [-0.15, -0.1) is 12.4 Å². The van der Waals surface area contributed by atoms with Crippen LogP contribution in [0.25, 0.3) is 0 Å². The van der Waals surface area contributed by atoms with Crippen molar-refractivity contribution in [3.05, 3.63) is 35.9 Å². The Bertz CT molecular complexity index is 339. The minimum atomic E-state index is -0.0495. The molecule has 0 spiro atoms. The zero-order valence-corrected chi connectivity index (χ0v) is 10.1. The first-order valence-electron chi connectivity index (χ1n) is 5.60. The van der Waals surface area contributed by atoms with Gasteiger partial charge in [-0.2, -0.15) is 5.26 Å². The van der Waals surface area contributed by atoms with Crippen molar-refractivity contribution < 1.29 is 0 Å². The van der Waals surface area contributed by atoms with Crippen molar-refractivity contribution >= 4 is 12.4 Å². The number of halogens is 1. The predicted octanol–water partition coefficient (Wildman–Crippen LogP) is 3.16. The summed E-state index contributed by atoms with van der Waals surface area (Å²) in [5.74, 6) is 0. The molecule has 1 heterocycles. The van der Waals surface area contributed by atoms with E-state index in [1.54, 1.807) is 0 Å². The van der Waals surface area contributed by atoms with Gasteiger partial charge in [0.2, 0.25) is 0 Å². The molecule has 86 valence electrons. The molecule has 1 saturated heterocycles. The molecule has 1 aromatic rings. The molecule has 3 heteroatoms. The van der Waals surface area contributed by atoms with E-state index >= 15 is 0 Å². The fraction of sp³-hybridized carbons (Fsp3) is 0.462. The molecule has 1 fully saturated rings. The summed E-state index contributed by atoms with van der Waals surface area (Å²) in [6, 6.07) is 12.5. The molecule has 1 aliphatic heterocycles. The maximum atomic E-state index is 9.24. The van der Waals surface area contributed by atoms with Gasteiger partial charge in [0.05, 0.1) is 6.07 Å². The SMILES string of the molecule is Cl.N#CC(c1ccccc1)N1CCCCC1. The van der Waals surface area contributed by atoms with Gasteiger partial charge >= 0.3 is 0 Å². The first-order valence-corrected chi connectivity index (χ1v) is 5.60. The second kappa shape index (κ2) is 6.52. The summed E-state index contributed by atoms with van der Waals surface area (Å²) in [7, 11) is 0. The van der Waals surface area contributed by atoms with Crippen molar-refractivity contribution in [3.8, 4) is 6.07 Å². The molecule has 0 N–H and O–H groups in total. The summed E-state index contributed by atoms with van der Waals surface area (Å²) in [6.45, 7) is 2.13. The topological polar surface area (TPSA) is 27.0 Å². The molecular weight excluding hydrogens is 220 g/mol. The first-order chi connectivity index (χ1) is 7.42. The van der Waals surface area contributed by atoms with Crippen LogP contribution in [-0.2, 0) is 0 Å². The number of piperidine rings is 1. The highest BCUT2D eigenvalue weighted by Gasteiger charge is 2.21. The number of hydrogen-bond donors (Lipinski definition) is 0. The van der Waals surface area contributed by atoms with Gasteiger partial charge in [0.15, 0.2) is 0 Å². The van der Waals surface area contributed by atoms with Gasteiger partial charge in [-0.25, -0.2) is 0 Å². The zero-order valence-electron chi connectivity index (χ0n) is 9.30. The molecular formula is C13H17ClN2. The van der Waals surface area contributed by atoms with Gasteiger partial charge < -0.3 is 0 Å². The summed E-state index contributed by atoms with van der Waals surface area (Å²) < 4.78 is 0. The maximum Gasteiger partial charge on any atom is 0.123 e. The number of nitriles is 1. The lowest BCUT2D eigenvalue weighted by molar-refractivity contribution is 0.196. The van der Waals surface area contributed by atoms with E-state index in [2.05, 4.69) is 11.0 Å². The molecule has 0 aliphatic carbocycles. The molecule has 0 radical (unpaired) electrons. The highest BCUT2D eigenvalue weighted by atomic mass is 35.5. The summed E-state index contributed by atoms with van der Waals surface area (Å²) in [5.41, 5.74) is 1.13. The largest absolute Gasteiger partial charge is 0.284 e. The van der Waals surface area contributed by atoms with E-state index in [1.807, 2.05) is 30.3 Å². The van der Waals surface area contributed by atoms with Crippen molar-refractivity contribution in [1.82, 2.24) is 4.90 Å². The molecule has 0 saturated carbocycles. The van der Waals surface area contributed by atoms with Crippen LogP contribution in [0.3, 0.4) is 0 Å². The molecule has 16 heavy (non-hydrogen) atoms. The van der Waals surface area contributed by atoms with Gasteiger partial charge in [0.25, 0.3) is 0 Å². The summed E-state index contributed by atoms with van der Waals surface area (Å²) >= 11 is 0. The van der Waals surface area contributed by atoms with Crippen LogP contribution in [0.4, 0.5) is 0 Å². The lowest BCUT2D eigenvalue weighted by Crippen LogP contribution is -2.33. The Morgan fingerprint density at radius 2 is 1.69 bits per heavy atom. The number of rotatable bonds is 2. The van der Waals surface area contributed by atoms with Crippen LogP contribution in [0.5, 0.6) is 0 Å². The second-order valence-corrected chi connectivity index (χ2v) is 4.04. The summed E-state index contributed by atoms with van der Waals surface area (Å²) in [6.07, 6.45) is 3.76. The van der Waals surface area contributed by atoms with Crippen molar-refractivity contribution in [2.24, 2.45) is 0 Å². The van der Waals surface area contributed by atoms with E-state index in [9.17, 15) is 5.26 Å². The third kappa shape index (κ3) is 2.98. The quantitative estimate of drug-likeness (QED) is 0.789. The van der Waals surface area contributed by atoms with Crippen LogP contribution in [-0.4, -0.2) is 18.0 Å². The molecule has 1 atom stereocenters. The third-order valence-electron chi connectivity index (χ3n) is 2.99. The lowest BCUT2D eigenvalue weighted by atomic mass is 10.0. The average molecular weight is 237 g/mol. The molecule has 1 aromatic carbocycles. The molecule has 2 nitrogen and oxygen atoms in total. The van der Waals surface area contributed by atoms with Crippen LogP contribution in [0.1, 0.15) is 30.9 Å². The minimum Gasteiger partial charge on any atom is -0.284 e. The summed E-state index contributed by atoms with van der Waals surface area (Å²) in [5, 5.41) is 9.24. The third-order valence-corrected chi connectivity index (χ3v) is 2.99. The van der Waals surface area contributed by atoms with Gasteiger partial charge in [-0.05, 0) is 31.5 Å². The number of nitrogens with zero attached hydrogens (tertiary/aromatic N) is 2. The molecule has 2 rings (SSSR count). The molecule has 1 aliphatic rings. The average Bonchev–Trinajstić information content (AvgIpc) is 2.33. The molecule has 0 bridgehead atoms. The van der Waals surface area contributed by atoms with Crippen LogP contribution >= 0.6 is 12.4 Å². The Hall–Kier alpha value is -1.04. The number of benzene rings is 1. The normalized spacial score (nSPS) is 18.2. The fourth-order valence-corrected chi connectivity index (χ4v) is 2.18. The zero-order chi connectivity index (χ0) is 10.5. The standard InChI is InChI=1S/C13H16N2.ClH/c14-11-13(12-7-3-1-4-8-12)15-9-5-2-6-10-15;/h1,3-4,7-8,13H,2,5-6,9-10H2;1H. The van der Waals surface area contributed by atoms with Gasteiger partial charge in [0, 0.05) is 0 Å². The molecule has 0 amide bonds. The van der Waals surface area contributed by atoms with Crippen LogP contribution in [0, 0.1) is 11.3 Å². The Morgan fingerprint density at radius 1 is 1.06 bits per heavy atom.